The fourth-order valence-corrected chi connectivity index (χ4v) is 4.06. The Morgan fingerprint density at radius 1 is 1.07 bits per heavy atom. The number of anilines is 1. The Balaban J connectivity index is 1.96. The third-order valence-electron chi connectivity index (χ3n) is 4.86. The molecule has 27 heavy (non-hydrogen) atoms. The van der Waals surface area contributed by atoms with Crippen LogP contribution in [0.5, 0.6) is 0 Å². The van der Waals surface area contributed by atoms with E-state index in [-0.39, 0.29) is 18.0 Å². The molecule has 2 atom stereocenters. The summed E-state index contributed by atoms with van der Waals surface area (Å²) in [6.45, 7) is 5.34. The highest BCUT2D eigenvalue weighted by atomic mass is 35.5. The predicted octanol–water partition coefficient (Wildman–Crippen LogP) is 5.34. The van der Waals surface area contributed by atoms with Crippen molar-refractivity contribution in [1.29, 1.82) is 0 Å². The summed E-state index contributed by atoms with van der Waals surface area (Å²) in [5.41, 5.74) is 5.21. The molecule has 0 bridgehead atoms. The number of halogens is 3. The first-order valence-electron chi connectivity index (χ1n) is 8.99. The molecular weight excluding hydrogens is 405 g/mol. The van der Waals surface area contributed by atoms with Crippen LogP contribution < -0.4 is 10.4 Å². The van der Waals surface area contributed by atoms with Gasteiger partial charge in [-0.25, -0.2) is 5.43 Å². The summed E-state index contributed by atoms with van der Waals surface area (Å²) in [4.78, 5) is 14.8. The number of rotatable bonds is 5. The molecule has 0 saturated carbocycles. The molecule has 0 aliphatic carbocycles. The van der Waals surface area contributed by atoms with Crippen LogP contribution in [0.4, 0.5) is 5.69 Å². The molecular formula is C20H22Cl3N3O. The highest BCUT2D eigenvalue weighted by Crippen LogP contribution is 2.39. The average Bonchev–Trinajstić information content (AvgIpc) is 3.08. The van der Waals surface area contributed by atoms with E-state index in [1.165, 1.54) is 0 Å². The second-order valence-electron chi connectivity index (χ2n) is 6.46. The molecule has 4 nitrogen and oxygen atoms in total. The van der Waals surface area contributed by atoms with Crippen LogP contribution in [0.2, 0.25) is 15.1 Å². The topological polar surface area (TPSA) is 35.6 Å². The zero-order valence-corrected chi connectivity index (χ0v) is 17.5. The molecule has 1 fully saturated rings. The normalized spacial score (nSPS) is 19.4. The van der Waals surface area contributed by atoms with Crippen LogP contribution in [0, 0.1) is 0 Å². The van der Waals surface area contributed by atoms with Gasteiger partial charge in [0, 0.05) is 23.1 Å². The molecule has 0 radical (unpaired) electrons. The molecule has 1 aliphatic rings. The molecule has 3 rings (SSSR count). The maximum absolute atomic E-state index is 12.9. The van der Waals surface area contributed by atoms with E-state index in [0.29, 0.717) is 34.6 Å². The number of hydrazine groups is 1. The van der Waals surface area contributed by atoms with E-state index < -0.39 is 0 Å². The Labute approximate surface area is 175 Å². The number of hydrogen-bond acceptors (Lipinski definition) is 3. The summed E-state index contributed by atoms with van der Waals surface area (Å²) in [5, 5.41) is 3.75. The monoisotopic (exact) mass is 425 g/mol. The molecule has 1 saturated heterocycles. The van der Waals surface area contributed by atoms with Crippen molar-refractivity contribution >= 4 is 46.4 Å². The third kappa shape index (κ3) is 4.35. The van der Waals surface area contributed by atoms with Gasteiger partial charge in [-0.3, -0.25) is 9.80 Å². The number of carbonyl (C=O) groups is 1. The quantitative estimate of drug-likeness (QED) is 0.701. The first-order valence-corrected chi connectivity index (χ1v) is 10.1. The van der Waals surface area contributed by atoms with Crippen molar-refractivity contribution in [3.63, 3.8) is 0 Å². The number of nitrogens with one attached hydrogen (secondary N) is 1. The molecule has 2 aromatic rings. The van der Waals surface area contributed by atoms with Gasteiger partial charge in [-0.2, -0.15) is 0 Å². The number of nitrogens with zero attached hydrogens (tertiary/aromatic N) is 2. The lowest BCUT2D eigenvalue weighted by molar-refractivity contribution is -0.132. The molecule has 1 heterocycles. The van der Waals surface area contributed by atoms with Crippen molar-refractivity contribution < 1.29 is 4.79 Å². The van der Waals surface area contributed by atoms with E-state index in [9.17, 15) is 4.79 Å². The van der Waals surface area contributed by atoms with Gasteiger partial charge < -0.3 is 4.90 Å². The maximum atomic E-state index is 12.9. The lowest BCUT2D eigenvalue weighted by atomic mass is 10.0. The highest BCUT2D eigenvalue weighted by molar-refractivity contribution is 6.36. The van der Waals surface area contributed by atoms with Crippen LogP contribution in [0.1, 0.15) is 31.9 Å². The van der Waals surface area contributed by atoms with E-state index in [4.69, 9.17) is 34.8 Å². The number of amides is 1. The van der Waals surface area contributed by atoms with Crippen molar-refractivity contribution in [3.8, 4) is 0 Å². The fourth-order valence-electron chi connectivity index (χ4n) is 3.44. The van der Waals surface area contributed by atoms with Crippen LogP contribution in [-0.2, 0) is 4.79 Å². The maximum Gasteiger partial charge on any atom is 0.241 e. The van der Waals surface area contributed by atoms with Crippen molar-refractivity contribution in [2.24, 2.45) is 0 Å². The summed E-state index contributed by atoms with van der Waals surface area (Å²) >= 11 is 18.6. The molecule has 0 aromatic heterocycles. The number of benzene rings is 2. The minimum atomic E-state index is -0.322. The molecule has 2 aromatic carbocycles. The van der Waals surface area contributed by atoms with E-state index in [1.54, 1.807) is 12.1 Å². The van der Waals surface area contributed by atoms with Crippen LogP contribution >= 0.6 is 34.8 Å². The van der Waals surface area contributed by atoms with E-state index in [0.717, 1.165) is 11.3 Å². The molecule has 1 amide bonds. The standard InChI is InChI=1S/C20H22Cl3N3O/c1-3-25(4-2)20(27)17-12-19(13-5-7-14(21)8-6-13)26(24-17)18-10-9-15(22)11-16(18)23/h5-11,17,19,24H,3-4,12H2,1-2H3. The Bertz CT molecular complexity index is 809. The van der Waals surface area contributed by atoms with Crippen molar-refractivity contribution in [2.45, 2.75) is 32.4 Å². The summed E-state index contributed by atoms with van der Waals surface area (Å²) in [6, 6.07) is 12.7. The van der Waals surface area contributed by atoms with Gasteiger partial charge in [-0.1, -0.05) is 46.9 Å². The lowest BCUT2D eigenvalue weighted by Gasteiger charge is -2.28. The molecule has 7 heteroatoms. The van der Waals surface area contributed by atoms with Gasteiger partial charge in [0.05, 0.1) is 16.8 Å². The van der Waals surface area contributed by atoms with Crippen molar-refractivity contribution in [2.75, 3.05) is 18.1 Å². The largest absolute Gasteiger partial charge is 0.342 e. The summed E-state index contributed by atoms with van der Waals surface area (Å²) < 4.78 is 0. The lowest BCUT2D eigenvalue weighted by Crippen LogP contribution is -2.47. The number of likely N-dealkylation sites (N-methyl/N-ethyl adjacent to an activating group) is 1. The van der Waals surface area contributed by atoms with Gasteiger partial charge in [0.15, 0.2) is 0 Å². The summed E-state index contributed by atoms with van der Waals surface area (Å²) in [5.74, 6) is 0.0894. The minimum Gasteiger partial charge on any atom is -0.342 e. The molecule has 1 N–H and O–H groups in total. The molecule has 144 valence electrons. The van der Waals surface area contributed by atoms with E-state index >= 15 is 0 Å². The van der Waals surface area contributed by atoms with Gasteiger partial charge in [-0.15, -0.1) is 0 Å². The van der Waals surface area contributed by atoms with Crippen LogP contribution in [-0.4, -0.2) is 29.9 Å². The minimum absolute atomic E-state index is 0.0505. The smallest absolute Gasteiger partial charge is 0.241 e. The Morgan fingerprint density at radius 3 is 2.30 bits per heavy atom. The Kier molecular flexibility index (Phi) is 6.53. The van der Waals surface area contributed by atoms with Gasteiger partial charge in [0.25, 0.3) is 0 Å². The first kappa shape index (κ1) is 20.3. The molecule has 1 aliphatic heterocycles. The van der Waals surface area contributed by atoms with Gasteiger partial charge in [-0.05, 0) is 56.2 Å². The van der Waals surface area contributed by atoms with Gasteiger partial charge in [0.1, 0.15) is 6.04 Å². The average molecular weight is 427 g/mol. The highest BCUT2D eigenvalue weighted by Gasteiger charge is 2.38. The van der Waals surface area contributed by atoms with Crippen LogP contribution in [0.25, 0.3) is 0 Å². The Hall–Kier alpha value is -1.46. The second kappa shape index (κ2) is 8.70. The summed E-state index contributed by atoms with van der Waals surface area (Å²) in [6.07, 6.45) is 0.635. The zero-order chi connectivity index (χ0) is 19.6. The first-order chi connectivity index (χ1) is 12.9. The molecule has 0 spiro atoms. The van der Waals surface area contributed by atoms with Gasteiger partial charge >= 0.3 is 0 Å². The molecule has 2 unspecified atom stereocenters. The Morgan fingerprint density at radius 2 is 1.70 bits per heavy atom. The predicted molar refractivity (Wildman–Crippen MR) is 113 cm³/mol. The van der Waals surface area contributed by atoms with Crippen LogP contribution in [0.15, 0.2) is 42.5 Å². The van der Waals surface area contributed by atoms with E-state index in [1.807, 2.05) is 54.1 Å². The number of hydrogen-bond donors (Lipinski definition) is 1. The SMILES string of the molecule is CCN(CC)C(=O)C1CC(c2ccc(Cl)cc2)N(c2ccc(Cl)cc2Cl)N1. The number of carbonyl (C=O) groups excluding carboxylic acids is 1. The third-order valence-corrected chi connectivity index (χ3v) is 5.65. The van der Waals surface area contributed by atoms with E-state index in [2.05, 4.69) is 5.43 Å². The summed E-state index contributed by atoms with van der Waals surface area (Å²) in [7, 11) is 0. The second-order valence-corrected chi connectivity index (χ2v) is 7.74. The van der Waals surface area contributed by atoms with Crippen molar-refractivity contribution in [3.05, 3.63) is 63.1 Å². The fraction of sp³-hybridized carbons (Fsp3) is 0.350. The van der Waals surface area contributed by atoms with Gasteiger partial charge in [0.2, 0.25) is 5.91 Å². The zero-order valence-electron chi connectivity index (χ0n) is 15.3. The van der Waals surface area contributed by atoms with Crippen LogP contribution in [0.3, 0.4) is 0 Å². The van der Waals surface area contributed by atoms with Crippen molar-refractivity contribution in [1.82, 2.24) is 10.3 Å².